The van der Waals surface area contributed by atoms with Crippen molar-refractivity contribution in [3.63, 3.8) is 0 Å². The van der Waals surface area contributed by atoms with E-state index in [0.29, 0.717) is 39.7 Å². The summed E-state index contributed by atoms with van der Waals surface area (Å²) in [6.07, 6.45) is 1.78. The highest BCUT2D eigenvalue weighted by atomic mass is 127. The van der Waals surface area contributed by atoms with Crippen LogP contribution in [-0.4, -0.2) is 37.7 Å². The first-order chi connectivity index (χ1) is 14.0. The van der Waals surface area contributed by atoms with Crippen molar-refractivity contribution in [3.05, 3.63) is 50.4 Å². The van der Waals surface area contributed by atoms with Crippen LogP contribution in [0.1, 0.15) is 5.56 Å². The lowest BCUT2D eigenvalue weighted by Gasteiger charge is -2.14. The van der Waals surface area contributed by atoms with Crippen LogP contribution < -0.4 is 24.3 Å². The molecule has 6 nitrogen and oxygen atoms in total. The third kappa shape index (κ3) is 5.77. The van der Waals surface area contributed by atoms with Gasteiger partial charge in [-0.3, -0.25) is 4.79 Å². The monoisotopic (exact) mass is 543 g/mol. The maximum absolute atomic E-state index is 11.9. The number of halogens is 1. The number of thiocarbonyl (C=S) groups is 1. The minimum absolute atomic E-state index is 0.191. The lowest BCUT2D eigenvalue weighted by molar-refractivity contribution is -0.115. The Morgan fingerprint density at radius 1 is 1.10 bits per heavy atom. The lowest BCUT2D eigenvalue weighted by atomic mass is 10.2. The summed E-state index contributed by atoms with van der Waals surface area (Å²) in [6.45, 7) is 0.711. The molecule has 3 rings (SSSR count). The predicted molar refractivity (Wildman–Crippen MR) is 126 cm³/mol. The van der Waals surface area contributed by atoms with E-state index in [1.165, 1.54) is 11.8 Å². The number of rotatable bonds is 8. The Kier molecular flexibility index (Phi) is 7.62. The molecular formula is C20H18INO5S2. The molecule has 1 saturated heterocycles. The summed E-state index contributed by atoms with van der Waals surface area (Å²) in [6, 6.07) is 11.1. The lowest BCUT2D eigenvalue weighted by Crippen LogP contribution is -2.17. The van der Waals surface area contributed by atoms with Gasteiger partial charge in [0.1, 0.15) is 29.0 Å². The molecule has 0 spiro atoms. The highest BCUT2D eigenvalue weighted by Gasteiger charge is 2.22. The minimum Gasteiger partial charge on any atom is -0.497 e. The SMILES string of the molecule is COc1cccc(OCCOc2c(I)cc(C=C3SC(=S)NC3=O)cc2OC)c1. The number of carbonyl (C=O) groups excluding carboxylic acids is 1. The van der Waals surface area contributed by atoms with E-state index in [0.717, 1.165) is 14.9 Å². The predicted octanol–water partition coefficient (Wildman–Crippen LogP) is 4.26. The number of thioether (sulfide) groups is 1. The zero-order valence-corrected chi connectivity index (χ0v) is 19.5. The fraction of sp³-hybridized carbons (Fsp3) is 0.200. The normalized spacial score (nSPS) is 14.7. The topological polar surface area (TPSA) is 66.0 Å². The van der Waals surface area contributed by atoms with Gasteiger partial charge in [0, 0.05) is 6.07 Å². The van der Waals surface area contributed by atoms with E-state index < -0.39 is 0 Å². The molecule has 29 heavy (non-hydrogen) atoms. The molecule has 1 amide bonds. The van der Waals surface area contributed by atoms with Gasteiger partial charge in [-0.1, -0.05) is 30.0 Å². The van der Waals surface area contributed by atoms with Gasteiger partial charge in [-0.25, -0.2) is 0 Å². The van der Waals surface area contributed by atoms with Crippen molar-refractivity contribution in [1.29, 1.82) is 0 Å². The van der Waals surface area contributed by atoms with Gasteiger partial charge in [-0.05, 0) is 58.5 Å². The molecule has 1 aliphatic heterocycles. The van der Waals surface area contributed by atoms with E-state index in [1.54, 1.807) is 20.3 Å². The number of benzene rings is 2. The third-order valence-electron chi connectivity index (χ3n) is 3.83. The molecule has 9 heteroatoms. The summed E-state index contributed by atoms with van der Waals surface area (Å²) in [5, 5.41) is 2.60. The van der Waals surface area contributed by atoms with Crippen LogP contribution in [0.15, 0.2) is 41.3 Å². The molecule has 0 atom stereocenters. The van der Waals surface area contributed by atoms with Crippen LogP contribution in [0.2, 0.25) is 0 Å². The smallest absolute Gasteiger partial charge is 0.263 e. The Balaban J connectivity index is 1.65. The first-order valence-electron chi connectivity index (χ1n) is 8.52. The van der Waals surface area contributed by atoms with E-state index in [4.69, 9.17) is 31.2 Å². The summed E-state index contributed by atoms with van der Waals surface area (Å²) < 4.78 is 23.6. The number of hydrogen-bond donors (Lipinski definition) is 1. The van der Waals surface area contributed by atoms with E-state index >= 15 is 0 Å². The Morgan fingerprint density at radius 2 is 1.86 bits per heavy atom. The summed E-state index contributed by atoms with van der Waals surface area (Å²) >= 11 is 8.44. The second kappa shape index (κ2) is 10.2. The average molecular weight is 543 g/mol. The molecule has 1 fully saturated rings. The molecule has 0 radical (unpaired) electrons. The molecule has 0 aliphatic carbocycles. The second-order valence-electron chi connectivity index (χ2n) is 5.76. The molecule has 0 bridgehead atoms. The van der Waals surface area contributed by atoms with Crippen molar-refractivity contribution >= 4 is 62.9 Å². The Labute approximate surface area is 192 Å². The van der Waals surface area contributed by atoms with Crippen molar-refractivity contribution in [1.82, 2.24) is 5.32 Å². The largest absolute Gasteiger partial charge is 0.497 e. The molecule has 1 N–H and O–H groups in total. The van der Waals surface area contributed by atoms with Crippen molar-refractivity contribution in [3.8, 4) is 23.0 Å². The number of carbonyl (C=O) groups is 1. The van der Waals surface area contributed by atoms with E-state index in [1.807, 2.05) is 36.4 Å². The van der Waals surface area contributed by atoms with Crippen LogP contribution in [0.25, 0.3) is 6.08 Å². The summed E-state index contributed by atoms with van der Waals surface area (Å²) in [4.78, 5) is 12.4. The maximum Gasteiger partial charge on any atom is 0.263 e. The van der Waals surface area contributed by atoms with Gasteiger partial charge in [0.25, 0.3) is 5.91 Å². The Morgan fingerprint density at radius 3 is 2.55 bits per heavy atom. The fourth-order valence-corrected chi connectivity index (χ4v) is 4.36. The minimum atomic E-state index is -0.191. The standard InChI is InChI=1S/C20H18INO5S2/c1-24-13-4-3-5-14(11-13)26-6-7-27-18-15(21)8-12(9-16(18)25-2)10-17-19(23)22-20(28)29-17/h3-5,8-11H,6-7H2,1-2H3,(H,22,23,28). The molecule has 152 valence electrons. The summed E-state index contributed by atoms with van der Waals surface area (Å²) in [5.74, 6) is 2.46. The number of methoxy groups -OCH3 is 2. The van der Waals surface area contributed by atoms with Gasteiger partial charge in [-0.2, -0.15) is 0 Å². The van der Waals surface area contributed by atoms with Crippen LogP contribution in [-0.2, 0) is 4.79 Å². The molecule has 0 saturated carbocycles. The van der Waals surface area contributed by atoms with Crippen molar-refractivity contribution < 1.29 is 23.7 Å². The Bertz CT molecular complexity index is 964. The Hall–Kier alpha value is -1.98. The number of nitrogens with one attached hydrogen (secondary N) is 1. The number of amides is 1. The van der Waals surface area contributed by atoms with Crippen molar-refractivity contribution in [2.45, 2.75) is 0 Å². The van der Waals surface area contributed by atoms with Gasteiger partial charge >= 0.3 is 0 Å². The van der Waals surface area contributed by atoms with Crippen LogP contribution in [0.4, 0.5) is 0 Å². The molecular weight excluding hydrogens is 525 g/mol. The van der Waals surface area contributed by atoms with Crippen molar-refractivity contribution in [2.75, 3.05) is 27.4 Å². The summed E-state index contributed by atoms with van der Waals surface area (Å²) in [7, 11) is 3.19. The zero-order valence-electron chi connectivity index (χ0n) is 15.7. The van der Waals surface area contributed by atoms with Crippen LogP contribution in [0.3, 0.4) is 0 Å². The molecule has 0 unspecified atom stereocenters. The molecule has 2 aromatic rings. The van der Waals surface area contributed by atoms with Crippen LogP contribution in [0, 0.1) is 3.57 Å². The van der Waals surface area contributed by atoms with E-state index in [-0.39, 0.29) is 5.91 Å². The zero-order chi connectivity index (χ0) is 20.8. The molecule has 1 aliphatic rings. The molecule has 2 aromatic carbocycles. The second-order valence-corrected chi connectivity index (χ2v) is 8.64. The van der Waals surface area contributed by atoms with Crippen molar-refractivity contribution in [2.24, 2.45) is 0 Å². The average Bonchev–Trinajstić information content (AvgIpc) is 3.02. The van der Waals surface area contributed by atoms with Gasteiger partial charge in [0.15, 0.2) is 11.5 Å². The maximum atomic E-state index is 11.9. The van der Waals surface area contributed by atoms with E-state index in [9.17, 15) is 4.79 Å². The first kappa shape index (κ1) is 21.7. The highest BCUT2D eigenvalue weighted by Crippen LogP contribution is 2.36. The van der Waals surface area contributed by atoms with Crippen LogP contribution >= 0.6 is 46.6 Å². The van der Waals surface area contributed by atoms with E-state index in [2.05, 4.69) is 27.9 Å². The number of hydrogen-bond acceptors (Lipinski definition) is 7. The fourth-order valence-electron chi connectivity index (χ4n) is 2.53. The first-order valence-corrected chi connectivity index (χ1v) is 10.8. The van der Waals surface area contributed by atoms with Gasteiger partial charge in [0.05, 0.1) is 22.7 Å². The molecule has 0 aromatic heterocycles. The summed E-state index contributed by atoms with van der Waals surface area (Å²) in [5.41, 5.74) is 0.827. The number of ether oxygens (including phenoxy) is 4. The highest BCUT2D eigenvalue weighted by molar-refractivity contribution is 14.1. The quantitative estimate of drug-likeness (QED) is 0.231. The van der Waals surface area contributed by atoms with Crippen LogP contribution in [0.5, 0.6) is 23.0 Å². The van der Waals surface area contributed by atoms with Gasteiger partial charge < -0.3 is 24.3 Å². The van der Waals surface area contributed by atoms with Gasteiger partial charge in [0.2, 0.25) is 0 Å². The third-order valence-corrected chi connectivity index (χ3v) is 5.80. The molecule has 1 heterocycles. The van der Waals surface area contributed by atoms with Gasteiger partial charge in [-0.15, -0.1) is 0 Å².